The highest BCUT2D eigenvalue weighted by Crippen LogP contribution is 2.29. The number of ether oxygens (including phenoxy) is 1. The highest BCUT2D eigenvalue weighted by atomic mass is 16.5. The molecule has 0 aliphatic carbocycles. The van der Waals surface area contributed by atoms with Crippen molar-refractivity contribution >= 4 is 11.7 Å². The van der Waals surface area contributed by atoms with E-state index in [4.69, 9.17) is 9.72 Å². The van der Waals surface area contributed by atoms with Crippen LogP contribution in [0.2, 0.25) is 0 Å². The molecule has 0 saturated heterocycles. The summed E-state index contributed by atoms with van der Waals surface area (Å²) in [6.07, 6.45) is 1.52. The molecule has 140 valence electrons. The number of carbonyl (C=O) groups excluding carboxylic acids is 1. The first-order valence-electron chi connectivity index (χ1n) is 9.22. The molecule has 0 saturated carbocycles. The highest BCUT2D eigenvalue weighted by molar-refractivity contribution is 5.71. The van der Waals surface area contributed by atoms with E-state index in [2.05, 4.69) is 5.32 Å². The highest BCUT2D eigenvalue weighted by Gasteiger charge is 2.21. The van der Waals surface area contributed by atoms with Gasteiger partial charge in [0.15, 0.2) is 0 Å². The van der Waals surface area contributed by atoms with Gasteiger partial charge in [0.2, 0.25) is 0 Å². The fourth-order valence-corrected chi connectivity index (χ4v) is 3.21. The van der Waals surface area contributed by atoms with Crippen molar-refractivity contribution in [2.45, 2.75) is 19.6 Å². The smallest absolute Gasteiger partial charge is 0.407 e. The van der Waals surface area contributed by atoms with E-state index in [1.807, 2.05) is 96.4 Å². The fraction of sp³-hybridized carbons (Fsp3) is 0.130. The van der Waals surface area contributed by atoms with E-state index in [1.54, 1.807) is 0 Å². The number of fused-ring (bicyclic) bond motifs is 1. The average molecular weight is 371 g/mol. The molecule has 2 heterocycles. The Morgan fingerprint density at radius 3 is 2.43 bits per heavy atom. The van der Waals surface area contributed by atoms with E-state index < -0.39 is 6.09 Å². The molecule has 2 aromatic heterocycles. The molecule has 0 bridgehead atoms. The Morgan fingerprint density at radius 1 is 1.00 bits per heavy atom. The van der Waals surface area contributed by atoms with Gasteiger partial charge in [0.05, 0.1) is 17.4 Å². The quantitative estimate of drug-likeness (QED) is 0.538. The van der Waals surface area contributed by atoms with Crippen LogP contribution in [0.1, 0.15) is 24.2 Å². The molecule has 2 aromatic carbocycles. The van der Waals surface area contributed by atoms with Crippen LogP contribution in [0.25, 0.3) is 16.9 Å². The second-order valence-corrected chi connectivity index (χ2v) is 6.57. The Kier molecular flexibility index (Phi) is 5.06. The summed E-state index contributed by atoms with van der Waals surface area (Å²) in [5.41, 5.74) is 4.59. The van der Waals surface area contributed by atoms with Gasteiger partial charge in [0, 0.05) is 11.8 Å². The summed E-state index contributed by atoms with van der Waals surface area (Å²) < 4.78 is 7.40. The van der Waals surface area contributed by atoms with Crippen LogP contribution in [0.4, 0.5) is 4.79 Å². The lowest BCUT2D eigenvalue weighted by atomic mass is 10.1. The molecule has 28 heavy (non-hydrogen) atoms. The first-order chi connectivity index (χ1) is 13.7. The first kappa shape index (κ1) is 17.8. The number of pyridine rings is 1. The van der Waals surface area contributed by atoms with Crippen molar-refractivity contribution in [1.82, 2.24) is 14.7 Å². The molecule has 1 amide bonds. The maximum Gasteiger partial charge on any atom is 0.407 e. The predicted octanol–water partition coefficient (Wildman–Crippen LogP) is 4.99. The average Bonchev–Trinajstić information content (AvgIpc) is 3.13. The normalized spacial score (nSPS) is 11.9. The Labute approximate surface area is 163 Å². The molecule has 0 aliphatic heterocycles. The van der Waals surface area contributed by atoms with E-state index in [9.17, 15) is 4.79 Å². The van der Waals surface area contributed by atoms with Gasteiger partial charge in [0.25, 0.3) is 0 Å². The van der Waals surface area contributed by atoms with E-state index in [0.717, 1.165) is 28.2 Å². The molecule has 0 fully saturated rings. The summed E-state index contributed by atoms with van der Waals surface area (Å²) in [7, 11) is 0. The van der Waals surface area contributed by atoms with Crippen LogP contribution in [0.5, 0.6) is 0 Å². The van der Waals surface area contributed by atoms with E-state index in [0.29, 0.717) is 0 Å². The van der Waals surface area contributed by atoms with Crippen molar-refractivity contribution < 1.29 is 9.53 Å². The van der Waals surface area contributed by atoms with Crippen molar-refractivity contribution in [1.29, 1.82) is 0 Å². The summed E-state index contributed by atoms with van der Waals surface area (Å²) in [5, 5.41) is 2.90. The van der Waals surface area contributed by atoms with Gasteiger partial charge in [-0.2, -0.15) is 0 Å². The number of imidazole rings is 1. The van der Waals surface area contributed by atoms with E-state index in [-0.39, 0.29) is 12.6 Å². The number of hydrogen-bond acceptors (Lipinski definition) is 3. The number of nitrogens with one attached hydrogen (secondary N) is 1. The zero-order valence-corrected chi connectivity index (χ0v) is 15.6. The van der Waals surface area contributed by atoms with Gasteiger partial charge in [-0.15, -0.1) is 0 Å². The summed E-state index contributed by atoms with van der Waals surface area (Å²) in [6.45, 7) is 2.15. The van der Waals surface area contributed by atoms with Crippen LogP contribution < -0.4 is 5.32 Å². The molecule has 0 radical (unpaired) electrons. The number of hydrogen-bond donors (Lipinski definition) is 1. The molecule has 4 aromatic rings. The molecule has 1 N–H and O–H groups in total. The van der Waals surface area contributed by atoms with Crippen LogP contribution in [0.3, 0.4) is 0 Å². The summed E-state index contributed by atoms with van der Waals surface area (Å²) >= 11 is 0. The third-order valence-corrected chi connectivity index (χ3v) is 4.56. The van der Waals surface area contributed by atoms with Gasteiger partial charge < -0.3 is 10.1 Å². The minimum atomic E-state index is -0.465. The summed E-state index contributed by atoms with van der Waals surface area (Å²) in [4.78, 5) is 17.0. The van der Waals surface area contributed by atoms with Crippen LogP contribution in [0.15, 0.2) is 85.1 Å². The summed E-state index contributed by atoms with van der Waals surface area (Å²) in [6, 6.07) is 25.2. The van der Waals surface area contributed by atoms with Crippen molar-refractivity contribution in [2.75, 3.05) is 0 Å². The van der Waals surface area contributed by atoms with Crippen LogP contribution in [-0.2, 0) is 11.3 Å². The number of aromatic nitrogens is 2. The number of carbonyl (C=O) groups is 1. The van der Waals surface area contributed by atoms with E-state index >= 15 is 0 Å². The molecule has 5 heteroatoms. The first-order valence-corrected chi connectivity index (χ1v) is 9.22. The van der Waals surface area contributed by atoms with Crippen molar-refractivity contribution in [3.8, 4) is 11.3 Å². The fourth-order valence-electron chi connectivity index (χ4n) is 3.21. The lowest BCUT2D eigenvalue weighted by molar-refractivity contribution is 0.136. The van der Waals surface area contributed by atoms with E-state index in [1.165, 1.54) is 0 Å². The number of rotatable bonds is 5. The van der Waals surface area contributed by atoms with Crippen LogP contribution in [-0.4, -0.2) is 15.5 Å². The van der Waals surface area contributed by atoms with Crippen LogP contribution in [0, 0.1) is 0 Å². The number of benzene rings is 2. The topological polar surface area (TPSA) is 55.6 Å². The minimum Gasteiger partial charge on any atom is -0.445 e. The molecule has 0 unspecified atom stereocenters. The predicted molar refractivity (Wildman–Crippen MR) is 109 cm³/mol. The third-order valence-electron chi connectivity index (χ3n) is 4.56. The number of alkyl carbamates (subject to hydrolysis) is 1. The zero-order chi connectivity index (χ0) is 19.3. The Hall–Kier alpha value is -3.60. The minimum absolute atomic E-state index is 0.232. The molecule has 0 aliphatic rings. The molecule has 4 rings (SSSR count). The SMILES string of the molecule is C[C@H](NC(=O)OCc1ccccc1)c1nc2ccccn2c1-c1ccccc1. The maximum absolute atomic E-state index is 12.3. The largest absolute Gasteiger partial charge is 0.445 e. The Bertz CT molecular complexity index is 1070. The lowest BCUT2D eigenvalue weighted by Crippen LogP contribution is -2.27. The maximum atomic E-state index is 12.3. The standard InChI is InChI=1S/C23H21N3O2/c1-17(24-23(27)28-16-18-10-4-2-5-11-18)21-22(19-12-6-3-7-13-19)26-15-9-8-14-20(26)25-21/h2-15,17H,16H2,1H3,(H,24,27)/t17-/m0/s1. The molecule has 1 atom stereocenters. The number of nitrogens with zero attached hydrogens (tertiary/aromatic N) is 2. The lowest BCUT2D eigenvalue weighted by Gasteiger charge is -2.14. The van der Waals surface area contributed by atoms with Gasteiger partial charge in [-0.05, 0) is 24.6 Å². The molecule has 5 nitrogen and oxygen atoms in total. The number of amides is 1. The van der Waals surface area contributed by atoms with Gasteiger partial charge in [-0.3, -0.25) is 4.40 Å². The zero-order valence-electron chi connectivity index (χ0n) is 15.6. The van der Waals surface area contributed by atoms with Crippen molar-refractivity contribution in [2.24, 2.45) is 0 Å². The van der Waals surface area contributed by atoms with Crippen molar-refractivity contribution in [3.63, 3.8) is 0 Å². The molecular weight excluding hydrogens is 350 g/mol. The van der Waals surface area contributed by atoms with Crippen LogP contribution >= 0.6 is 0 Å². The summed E-state index contributed by atoms with van der Waals surface area (Å²) in [5.74, 6) is 0. The monoisotopic (exact) mass is 371 g/mol. The third kappa shape index (κ3) is 3.74. The van der Waals surface area contributed by atoms with Gasteiger partial charge in [-0.25, -0.2) is 9.78 Å². The van der Waals surface area contributed by atoms with Gasteiger partial charge >= 0.3 is 6.09 Å². The second kappa shape index (κ2) is 7.96. The van der Waals surface area contributed by atoms with Crippen molar-refractivity contribution in [3.05, 3.63) is 96.3 Å². The Morgan fingerprint density at radius 2 is 1.68 bits per heavy atom. The molecular formula is C23H21N3O2. The Balaban J connectivity index is 1.57. The van der Waals surface area contributed by atoms with Gasteiger partial charge in [0.1, 0.15) is 12.3 Å². The molecule has 0 spiro atoms. The van der Waals surface area contributed by atoms with Gasteiger partial charge in [-0.1, -0.05) is 66.7 Å². The second-order valence-electron chi connectivity index (χ2n) is 6.57.